The van der Waals surface area contributed by atoms with E-state index in [1.165, 1.54) is 6.07 Å². The first-order valence-corrected chi connectivity index (χ1v) is 9.57. The average molecular weight is 371 g/mol. The Morgan fingerprint density at radius 2 is 2.08 bits per heavy atom. The quantitative estimate of drug-likeness (QED) is 0.314. The number of benzene rings is 1. The summed E-state index contributed by atoms with van der Waals surface area (Å²) in [5, 5.41) is 2.70. The first-order chi connectivity index (χ1) is 11.8. The van der Waals surface area contributed by atoms with E-state index in [4.69, 9.17) is 0 Å². The Morgan fingerprint density at radius 1 is 1.36 bits per heavy atom. The van der Waals surface area contributed by atoms with Crippen LogP contribution in [0.25, 0.3) is 0 Å². The predicted octanol–water partition coefficient (Wildman–Crippen LogP) is 6.28. The Bertz CT molecular complexity index is 624. The highest BCUT2D eigenvalue weighted by Crippen LogP contribution is 2.51. The average Bonchev–Trinajstić information content (AvgIpc) is 3.34. The van der Waals surface area contributed by atoms with Gasteiger partial charge in [-0.3, -0.25) is 4.79 Å². The molecule has 0 heterocycles. The highest BCUT2D eigenvalue weighted by molar-refractivity contribution is 7.99. The molecule has 1 amide bonds. The van der Waals surface area contributed by atoms with E-state index < -0.39 is 11.7 Å². The third kappa shape index (κ3) is 5.27. The minimum absolute atomic E-state index is 0.148. The highest BCUT2D eigenvalue weighted by Gasteiger charge is 2.49. The molecule has 0 spiro atoms. The summed E-state index contributed by atoms with van der Waals surface area (Å²) < 4.78 is 39.9. The number of carbonyl (C=O) groups excluding carboxylic acids is 1. The van der Waals surface area contributed by atoms with Gasteiger partial charge in [-0.25, -0.2) is 0 Å². The molecule has 1 aromatic rings. The van der Waals surface area contributed by atoms with Gasteiger partial charge in [-0.1, -0.05) is 32.3 Å². The smallest absolute Gasteiger partial charge is 0.326 e. The van der Waals surface area contributed by atoms with Crippen LogP contribution in [0.3, 0.4) is 0 Å². The number of carbonyl (C=O) groups is 1. The van der Waals surface area contributed by atoms with E-state index in [9.17, 15) is 18.0 Å². The summed E-state index contributed by atoms with van der Waals surface area (Å²) in [5.41, 5.74) is -0.876. The van der Waals surface area contributed by atoms with Gasteiger partial charge in [0.05, 0.1) is 5.56 Å². The van der Waals surface area contributed by atoms with E-state index >= 15 is 0 Å². The van der Waals surface area contributed by atoms with Crippen LogP contribution < -0.4 is 5.32 Å². The molecule has 1 N–H and O–H groups in total. The maximum absolute atomic E-state index is 13.3. The fourth-order valence-electron chi connectivity index (χ4n) is 2.82. The van der Waals surface area contributed by atoms with Gasteiger partial charge in [-0.05, 0) is 37.5 Å². The summed E-state index contributed by atoms with van der Waals surface area (Å²) in [6.45, 7) is 5.63. The lowest BCUT2D eigenvalue weighted by Gasteiger charge is -2.17. The standard InChI is InChI=1S/C19H24F3NOS/c1-3-5-6-9-18(10-11-18)17(24)23-14-7-8-16(25-12-4-2)15(13-14)19(20,21)22/h4,7-8,13H,2-3,5-6,9-12H2,1H3,(H,23,24). The van der Waals surface area contributed by atoms with Gasteiger partial charge in [-0.15, -0.1) is 18.3 Å². The maximum atomic E-state index is 13.3. The van der Waals surface area contributed by atoms with Crippen molar-refractivity contribution in [2.24, 2.45) is 5.41 Å². The van der Waals surface area contributed by atoms with Gasteiger partial charge >= 0.3 is 6.18 Å². The Morgan fingerprint density at radius 3 is 2.64 bits per heavy atom. The number of nitrogens with one attached hydrogen (secondary N) is 1. The number of thioether (sulfide) groups is 1. The Balaban J connectivity index is 2.11. The van der Waals surface area contributed by atoms with Crippen molar-refractivity contribution in [1.82, 2.24) is 0 Å². The van der Waals surface area contributed by atoms with Crippen LogP contribution in [0.2, 0.25) is 0 Å². The topological polar surface area (TPSA) is 29.1 Å². The minimum atomic E-state index is -4.46. The van der Waals surface area contributed by atoms with Crippen molar-refractivity contribution < 1.29 is 18.0 Å². The van der Waals surface area contributed by atoms with Crippen LogP contribution in [0.1, 0.15) is 51.0 Å². The molecular formula is C19H24F3NOS. The summed E-state index contributed by atoms with van der Waals surface area (Å²) >= 11 is 1.08. The van der Waals surface area contributed by atoms with Gasteiger partial charge in [0.1, 0.15) is 0 Å². The van der Waals surface area contributed by atoms with E-state index in [0.717, 1.165) is 56.4 Å². The summed E-state index contributed by atoms with van der Waals surface area (Å²) in [5.74, 6) is 0.248. The first kappa shape index (κ1) is 19.9. The van der Waals surface area contributed by atoms with Crippen LogP contribution in [-0.4, -0.2) is 11.7 Å². The number of alkyl halides is 3. The number of unbranched alkanes of at least 4 members (excludes halogenated alkanes) is 2. The Hall–Kier alpha value is -1.43. The van der Waals surface area contributed by atoms with Crippen molar-refractivity contribution in [1.29, 1.82) is 0 Å². The Kier molecular flexibility index (Phi) is 6.60. The van der Waals surface area contributed by atoms with Crippen LogP contribution >= 0.6 is 11.8 Å². The molecule has 25 heavy (non-hydrogen) atoms. The van der Waals surface area contributed by atoms with E-state index in [2.05, 4.69) is 18.8 Å². The predicted molar refractivity (Wildman–Crippen MR) is 96.8 cm³/mol. The third-order valence-electron chi connectivity index (χ3n) is 4.49. The minimum Gasteiger partial charge on any atom is -0.326 e. The van der Waals surface area contributed by atoms with Gasteiger partial charge in [0, 0.05) is 21.8 Å². The second kappa shape index (κ2) is 8.30. The molecule has 0 aromatic heterocycles. The normalized spacial score (nSPS) is 15.7. The molecule has 1 aliphatic carbocycles. The second-order valence-corrected chi connectivity index (χ2v) is 7.56. The molecule has 0 saturated heterocycles. The summed E-state index contributed by atoms with van der Waals surface area (Å²) in [6.07, 6.45) is 2.69. The fourth-order valence-corrected chi connectivity index (χ4v) is 3.61. The summed E-state index contributed by atoms with van der Waals surface area (Å²) in [6, 6.07) is 4.00. The number of amides is 1. The molecule has 0 bridgehead atoms. The fraction of sp³-hybridized carbons (Fsp3) is 0.526. The van der Waals surface area contributed by atoms with Crippen molar-refractivity contribution in [3.05, 3.63) is 36.4 Å². The number of rotatable bonds is 9. The molecule has 1 saturated carbocycles. The summed E-state index contributed by atoms with van der Waals surface area (Å²) in [7, 11) is 0. The van der Waals surface area contributed by atoms with Gasteiger partial charge in [0.15, 0.2) is 0 Å². The molecular weight excluding hydrogens is 347 g/mol. The van der Waals surface area contributed by atoms with Crippen LogP contribution in [-0.2, 0) is 11.0 Å². The lowest BCUT2D eigenvalue weighted by Crippen LogP contribution is -2.24. The SMILES string of the molecule is C=CCSc1ccc(NC(=O)C2(CCCCC)CC2)cc1C(F)(F)F. The van der Waals surface area contributed by atoms with E-state index in [0.29, 0.717) is 5.75 Å². The molecule has 0 aliphatic heterocycles. The van der Waals surface area contributed by atoms with Crippen LogP contribution in [0.4, 0.5) is 18.9 Å². The number of hydrogen-bond donors (Lipinski definition) is 1. The van der Waals surface area contributed by atoms with E-state index in [1.54, 1.807) is 12.1 Å². The highest BCUT2D eigenvalue weighted by atomic mass is 32.2. The van der Waals surface area contributed by atoms with Crippen molar-refractivity contribution in [2.45, 2.75) is 56.5 Å². The zero-order valence-electron chi connectivity index (χ0n) is 14.4. The summed E-state index contributed by atoms with van der Waals surface area (Å²) in [4.78, 5) is 12.6. The lowest BCUT2D eigenvalue weighted by molar-refractivity contribution is -0.139. The maximum Gasteiger partial charge on any atom is 0.417 e. The van der Waals surface area contributed by atoms with Crippen molar-refractivity contribution >= 4 is 23.4 Å². The molecule has 1 aromatic carbocycles. The molecule has 138 valence electrons. The molecule has 1 fully saturated rings. The zero-order chi connectivity index (χ0) is 18.5. The second-order valence-electron chi connectivity index (χ2n) is 6.50. The molecule has 1 aliphatic rings. The molecule has 2 nitrogen and oxygen atoms in total. The van der Waals surface area contributed by atoms with Crippen LogP contribution in [0, 0.1) is 5.41 Å². The molecule has 0 radical (unpaired) electrons. The molecule has 0 atom stereocenters. The van der Waals surface area contributed by atoms with Gasteiger partial charge in [0.25, 0.3) is 0 Å². The number of halogens is 3. The first-order valence-electron chi connectivity index (χ1n) is 8.59. The molecule has 0 unspecified atom stereocenters. The lowest BCUT2D eigenvalue weighted by atomic mass is 9.97. The largest absolute Gasteiger partial charge is 0.417 e. The molecule has 6 heteroatoms. The van der Waals surface area contributed by atoms with Crippen LogP contribution in [0.5, 0.6) is 0 Å². The van der Waals surface area contributed by atoms with E-state index in [-0.39, 0.29) is 21.9 Å². The van der Waals surface area contributed by atoms with Gasteiger partial charge < -0.3 is 5.32 Å². The molecule has 2 rings (SSSR count). The Labute approximate surface area is 151 Å². The van der Waals surface area contributed by atoms with Crippen molar-refractivity contribution in [2.75, 3.05) is 11.1 Å². The van der Waals surface area contributed by atoms with Gasteiger partial charge in [0.2, 0.25) is 5.91 Å². The zero-order valence-corrected chi connectivity index (χ0v) is 15.2. The monoisotopic (exact) mass is 371 g/mol. The van der Waals surface area contributed by atoms with Crippen molar-refractivity contribution in [3.8, 4) is 0 Å². The number of anilines is 1. The van der Waals surface area contributed by atoms with E-state index in [1.807, 2.05) is 0 Å². The number of hydrogen-bond acceptors (Lipinski definition) is 2. The third-order valence-corrected chi connectivity index (χ3v) is 5.56. The van der Waals surface area contributed by atoms with Gasteiger partial charge in [-0.2, -0.15) is 13.2 Å². The van der Waals surface area contributed by atoms with Crippen molar-refractivity contribution in [3.63, 3.8) is 0 Å². The van der Waals surface area contributed by atoms with Crippen LogP contribution in [0.15, 0.2) is 35.7 Å².